The molecule has 0 spiro atoms. The van der Waals surface area contributed by atoms with Gasteiger partial charge in [-0.15, -0.1) is 0 Å². The Morgan fingerprint density at radius 2 is 2.20 bits per heavy atom. The Bertz CT molecular complexity index is 435. The molecule has 0 amide bonds. The molecule has 4 nitrogen and oxygen atoms in total. The molecule has 20 heavy (non-hydrogen) atoms. The Labute approximate surface area is 121 Å². The largest absolute Gasteiger partial charge is 0.467 e. The van der Waals surface area contributed by atoms with Crippen LogP contribution in [0.3, 0.4) is 0 Å². The third-order valence-corrected chi connectivity index (χ3v) is 4.65. The highest BCUT2D eigenvalue weighted by molar-refractivity contribution is 5.80. The Morgan fingerprint density at radius 1 is 1.35 bits per heavy atom. The van der Waals surface area contributed by atoms with Gasteiger partial charge in [0.2, 0.25) is 0 Å². The number of nitrogens with one attached hydrogen (secondary N) is 2. The van der Waals surface area contributed by atoms with Crippen LogP contribution in [0.1, 0.15) is 44.3 Å². The zero-order valence-corrected chi connectivity index (χ0v) is 12.3. The van der Waals surface area contributed by atoms with E-state index in [0.29, 0.717) is 12.6 Å². The number of rotatable bonds is 4. The molecule has 0 bridgehead atoms. The highest BCUT2D eigenvalue weighted by Crippen LogP contribution is 2.44. The topological polar surface area (TPSA) is 49.6 Å². The average molecular weight is 275 g/mol. The minimum Gasteiger partial charge on any atom is -0.467 e. The van der Waals surface area contributed by atoms with Crippen molar-refractivity contribution in [1.29, 1.82) is 0 Å². The maximum atomic E-state index is 5.32. The lowest BCUT2D eigenvalue weighted by atomic mass is 9.85. The highest BCUT2D eigenvalue weighted by atomic mass is 16.3. The molecule has 2 fully saturated rings. The van der Waals surface area contributed by atoms with Crippen molar-refractivity contribution in [3.63, 3.8) is 0 Å². The molecule has 1 aromatic heterocycles. The molecule has 2 atom stereocenters. The first-order valence-electron chi connectivity index (χ1n) is 7.86. The molecule has 0 aromatic carbocycles. The summed E-state index contributed by atoms with van der Waals surface area (Å²) in [7, 11) is 1.83. The number of furan rings is 1. The van der Waals surface area contributed by atoms with Crippen molar-refractivity contribution in [2.75, 3.05) is 7.05 Å². The molecule has 1 aromatic rings. The number of hydrogen-bond donors (Lipinski definition) is 2. The third-order valence-electron chi connectivity index (χ3n) is 4.65. The van der Waals surface area contributed by atoms with E-state index in [1.807, 2.05) is 19.2 Å². The van der Waals surface area contributed by atoms with Crippen molar-refractivity contribution in [2.45, 2.75) is 51.1 Å². The molecular weight excluding hydrogens is 250 g/mol. The quantitative estimate of drug-likeness (QED) is 0.656. The van der Waals surface area contributed by atoms with E-state index in [1.165, 1.54) is 38.5 Å². The van der Waals surface area contributed by atoms with Gasteiger partial charge < -0.3 is 15.1 Å². The van der Waals surface area contributed by atoms with Crippen LogP contribution in [0, 0.1) is 11.8 Å². The summed E-state index contributed by atoms with van der Waals surface area (Å²) >= 11 is 0. The molecule has 0 radical (unpaired) electrons. The van der Waals surface area contributed by atoms with Gasteiger partial charge in [-0.2, -0.15) is 0 Å². The van der Waals surface area contributed by atoms with E-state index < -0.39 is 0 Å². The minimum absolute atomic E-state index is 0.626. The van der Waals surface area contributed by atoms with E-state index in [1.54, 1.807) is 6.26 Å². The standard InChI is InChI=1S/C16H25N3O/c1-17-16(18-11-13-8-5-9-20-13)19-15-10-14(15)12-6-3-2-4-7-12/h5,8-9,12,14-15H,2-4,6-7,10-11H2,1H3,(H2,17,18,19)/t14-,15+/m0/s1. The van der Waals surface area contributed by atoms with E-state index >= 15 is 0 Å². The molecule has 0 unspecified atom stereocenters. The predicted molar refractivity (Wildman–Crippen MR) is 80.5 cm³/mol. The summed E-state index contributed by atoms with van der Waals surface area (Å²) in [5.41, 5.74) is 0. The third kappa shape index (κ3) is 3.35. The fourth-order valence-electron chi connectivity index (χ4n) is 3.42. The zero-order valence-electron chi connectivity index (χ0n) is 12.3. The second kappa shape index (κ2) is 6.33. The lowest BCUT2D eigenvalue weighted by Crippen LogP contribution is -2.39. The van der Waals surface area contributed by atoms with Gasteiger partial charge in [0.05, 0.1) is 12.8 Å². The van der Waals surface area contributed by atoms with Crippen molar-refractivity contribution >= 4 is 5.96 Å². The lowest BCUT2D eigenvalue weighted by molar-refractivity contribution is 0.315. The Balaban J connectivity index is 1.42. The van der Waals surface area contributed by atoms with Crippen LogP contribution >= 0.6 is 0 Å². The van der Waals surface area contributed by atoms with E-state index in [2.05, 4.69) is 15.6 Å². The summed E-state index contributed by atoms with van der Waals surface area (Å²) in [6, 6.07) is 4.51. The smallest absolute Gasteiger partial charge is 0.191 e. The van der Waals surface area contributed by atoms with Crippen molar-refractivity contribution in [3.05, 3.63) is 24.2 Å². The van der Waals surface area contributed by atoms with Gasteiger partial charge in [0.15, 0.2) is 5.96 Å². The second-order valence-corrected chi connectivity index (χ2v) is 6.05. The van der Waals surface area contributed by atoms with Gasteiger partial charge in [0.1, 0.15) is 5.76 Å². The number of guanidine groups is 1. The first kappa shape index (κ1) is 13.5. The lowest BCUT2D eigenvalue weighted by Gasteiger charge is -2.22. The summed E-state index contributed by atoms with van der Waals surface area (Å²) < 4.78 is 5.32. The van der Waals surface area contributed by atoms with E-state index in [0.717, 1.165) is 23.6 Å². The van der Waals surface area contributed by atoms with Gasteiger partial charge in [-0.3, -0.25) is 4.99 Å². The maximum Gasteiger partial charge on any atom is 0.191 e. The molecule has 3 rings (SSSR count). The molecule has 0 saturated heterocycles. The number of hydrogen-bond acceptors (Lipinski definition) is 2. The van der Waals surface area contributed by atoms with Crippen LogP contribution in [-0.2, 0) is 6.54 Å². The summed E-state index contributed by atoms with van der Waals surface area (Å²) in [5.74, 6) is 3.65. The molecule has 110 valence electrons. The van der Waals surface area contributed by atoms with Gasteiger partial charge in [-0.05, 0) is 30.4 Å². The first-order chi connectivity index (χ1) is 9.86. The SMILES string of the molecule is CN=C(NCc1ccco1)N[C@@H]1C[C@H]1C1CCCCC1. The van der Waals surface area contributed by atoms with E-state index in [-0.39, 0.29) is 0 Å². The molecular formula is C16H25N3O. The van der Waals surface area contributed by atoms with Crippen molar-refractivity contribution < 1.29 is 4.42 Å². The van der Waals surface area contributed by atoms with Gasteiger partial charge in [-0.1, -0.05) is 32.1 Å². The molecule has 2 aliphatic carbocycles. The zero-order chi connectivity index (χ0) is 13.8. The Morgan fingerprint density at radius 3 is 2.90 bits per heavy atom. The van der Waals surface area contributed by atoms with Crippen LogP contribution in [0.25, 0.3) is 0 Å². The van der Waals surface area contributed by atoms with Crippen LogP contribution in [-0.4, -0.2) is 19.0 Å². The molecule has 0 aliphatic heterocycles. The molecule has 2 aliphatic rings. The molecule has 1 heterocycles. The second-order valence-electron chi connectivity index (χ2n) is 6.05. The average Bonchev–Trinajstić information content (AvgIpc) is 3.06. The number of aliphatic imine (C=N–C) groups is 1. The van der Waals surface area contributed by atoms with Crippen molar-refractivity contribution in [3.8, 4) is 0 Å². The fourth-order valence-corrected chi connectivity index (χ4v) is 3.42. The highest BCUT2D eigenvalue weighted by Gasteiger charge is 2.43. The van der Waals surface area contributed by atoms with Gasteiger partial charge in [0.25, 0.3) is 0 Å². The Kier molecular flexibility index (Phi) is 4.28. The van der Waals surface area contributed by atoms with Crippen molar-refractivity contribution in [2.24, 2.45) is 16.8 Å². The molecule has 4 heteroatoms. The van der Waals surface area contributed by atoms with Gasteiger partial charge in [-0.25, -0.2) is 0 Å². The monoisotopic (exact) mass is 275 g/mol. The predicted octanol–water partition coefficient (Wildman–Crippen LogP) is 2.91. The number of nitrogens with zero attached hydrogens (tertiary/aromatic N) is 1. The van der Waals surface area contributed by atoms with Crippen LogP contribution in [0.5, 0.6) is 0 Å². The van der Waals surface area contributed by atoms with Crippen LogP contribution < -0.4 is 10.6 Å². The summed E-state index contributed by atoms with van der Waals surface area (Å²) in [6.07, 6.45) is 10.2. The minimum atomic E-state index is 0.626. The van der Waals surface area contributed by atoms with E-state index in [9.17, 15) is 0 Å². The molecule has 2 saturated carbocycles. The molecule has 2 N–H and O–H groups in total. The summed E-state index contributed by atoms with van der Waals surface area (Å²) in [6.45, 7) is 0.688. The fraction of sp³-hybridized carbons (Fsp3) is 0.688. The van der Waals surface area contributed by atoms with Crippen LogP contribution in [0.2, 0.25) is 0 Å². The first-order valence-corrected chi connectivity index (χ1v) is 7.86. The summed E-state index contributed by atoms with van der Waals surface area (Å²) in [5, 5.41) is 6.86. The van der Waals surface area contributed by atoms with Crippen LogP contribution in [0.15, 0.2) is 27.8 Å². The Hall–Kier alpha value is -1.45. The summed E-state index contributed by atoms with van der Waals surface area (Å²) in [4.78, 5) is 4.30. The normalized spacial score (nSPS) is 27.4. The van der Waals surface area contributed by atoms with Gasteiger partial charge in [0, 0.05) is 13.1 Å². The maximum absolute atomic E-state index is 5.32. The van der Waals surface area contributed by atoms with Crippen molar-refractivity contribution in [1.82, 2.24) is 10.6 Å². The van der Waals surface area contributed by atoms with Crippen LogP contribution in [0.4, 0.5) is 0 Å². The van der Waals surface area contributed by atoms with E-state index in [4.69, 9.17) is 4.42 Å². The van der Waals surface area contributed by atoms with Gasteiger partial charge >= 0.3 is 0 Å².